The Bertz CT molecular complexity index is 586. The largest absolute Gasteiger partial charge is 0.324 e. The van der Waals surface area contributed by atoms with Crippen molar-refractivity contribution in [2.45, 2.75) is 26.8 Å². The molecule has 0 saturated carbocycles. The molecule has 102 valence electrons. The van der Waals surface area contributed by atoms with Gasteiger partial charge in [0.15, 0.2) is 0 Å². The van der Waals surface area contributed by atoms with Crippen LogP contribution in [0.5, 0.6) is 0 Å². The first-order chi connectivity index (χ1) is 9.11. The molecule has 2 rings (SSSR count). The van der Waals surface area contributed by atoms with Gasteiger partial charge in [-0.3, -0.25) is 0 Å². The highest BCUT2D eigenvalue weighted by atomic mass is 19.1. The number of nitrogens with zero attached hydrogens (tertiary/aromatic N) is 2. The summed E-state index contributed by atoms with van der Waals surface area (Å²) in [7, 11) is 0. The third-order valence-electron chi connectivity index (χ3n) is 2.99. The molecule has 0 aliphatic carbocycles. The summed E-state index contributed by atoms with van der Waals surface area (Å²) in [6, 6.07) is 4.76. The number of nitrogens with one attached hydrogen (secondary N) is 1. The number of imidazole rings is 1. The van der Waals surface area contributed by atoms with Crippen LogP contribution in [0.2, 0.25) is 0 Å². The maximum absolute atomic E-state index is 13.3. The van der Waals surface area contributed by atoms with Gasteiger partial charge in [0.1, 0.15) is 11.6 Å². The standard InChI is InChI=1S/C15H20FN3/c1-4-17-8-7-15-18-13-9-12(16)5-6-14(13)19(15)10-11(2)3/h5-6,9,17H,2,4,7-8,10H2,1,3H3. The maximum atomic E-state index is 13.3. The van der Waals surface area contributed by atoms with Gasteiger partial charge < -0.3 is 9.88 Å². The van der Waals surface area contributed by atoms with Crippen LogP contribution in [-0.4, -0.2) is 22.6 Å². The van der Waals surface area contributed by atoms with Crippen LogP contribution in [0.1, 0.15) is 19.7 Å². The Hall–Kier alpha value is -1.68. The molecule has 0 spiro atoms. The number of fused-ring (bicyclic) bond motifs is 1. The van der Waals surface area contributed by atoms with E-state index in [1.807, 2.05) is 6.92 Å². The zero-order chi connectivity index (χ0) is 13.8. The Balaban J connectivity index is 2.38. The second-order valence-corrected chi connectivity index (χ2v) is 4.81. The summed E-state index contributed by atoms with van der Waals surface area (Å²) in [5.41, 5.74) is 2.75. The number of rotatable bonds is 6. The van der Waals surface area contributed by atoms with E-state index >= 15 is 0 Å². The lowest BCUT2D eigenvalue weighted by Gasteiger charge is -2.09. The summed E-state index contributed by atoms with van der Waals surface area (Å²) in [5.74, 6) is 0.732. The van der Waals surface area contributed by atoms with Gasteiger partial charge in [-0.15, -0.1) is 0 Å². The van der Waals surface area contributed by atoms with Crippen LogP contribution in [0.4, 0.5) is 4.39 Å². The van der Waals surface area contributed by atoms with Crippen molar-refractivity contribution in [3.8, 4) is 0 Å². The van der Waals surface area contributed by atoms with Crippen LogP contribution in [0.3, 0.4) is 0 Å². The molecule has 19 heavy (non-hydrogen) atoms. The van der Waals surface area contributed by atoms with Crippen LogP contribution in [0.25, 0.3) is 11.0 Å². The fourth-order valence-corrected chi connectivity index (χ4v) is 2.17. The predicted molar refractivity (Wildman–Crippen MR) is 76.8 cm³/mol. The molecule has 1 N–H and O–H groups in total. The molecule has 0 fully saturated rings. The fraction of sp³-hybridized carbons (Fsp3) is 0.400. The van der Waals surface area contributed by atoms with Crippen molar-refractivity contribution < 1.29 is 4.39 Å². The molecule has 0 atom stereocenters. The number of halogens is 1. The number of hydrogen-bond donors (Lipinski definition) is 1. The van der Waals surface area contributed by atoms with Gasteiger partial charge in [0, 0.05) is 25.6 Å². The fourth-order valence-electron chi connectivity index (χ4n) is 2.17. The summed E-state index contributed by atoms with van der Waals surface area (Å²) in [5, 5.41) is 3.28. The maximum Gasteiger partial charge on any atom is 0.125 e. The number of benzene rings is 1. The minimum atomic E-state index is -0.245. The van der Waals surface area contributed by atoms with Crippen LogP contribution < -0.4 is 5.32 Å². The van der Waals surface area contributed by atoms with Crippen molar-refractivity contribution in [3.63, 3.8) is 0 Å². The molecular formula is C15H20FN3. The average Bonchev–Trinajstić information content (AvgIpc) is 2.66. The Kier molecular flexibility index (Phi) is 4.32. The second kappa shape index (κ2) is 5.97. The molecule has 4 heteroatoms. The van der Waals surface area contributed by atoms with E-state index in [9.17, 15) is 4.39 Å². The molecule has 0 saturated heterocycles. The summed E-state index contributed by atoms with van der Waals surface area (Å²) in [4.78, 5) is 4.54. The summed E-state index contributed by atoms with van der Waals surface area (Å²) >= 11 is 0. The summed E-state index contributed by atoms with van der Waals surface area (Å²) in [6.07, 6.45) is 0.831. The molecule has 3 nitrogen and oxygen atoms in total. The molecule has 0 unspecified atom stereocenters. The minimum Gasteiger partial charge on any atom is -0.324 e. The van der Waals surface area contributed by atoms with Gasteiger partial charge in [0.05, 0.1) is 11.0 Å². The van der Waals surface area contributed by atoms with Gasteiger partial charge in [-0.05, 0) is 25.6 Å². The molecule has 0 radical (unpaired) electrons. The van der Waals surface area contributed by atoms with Crippen LogP contribution in [0.15, 0.2) is 30.4 Å². The van der Waals surface area contributed by atoms with Gasteiger partial charge in [0.2, 0.25) is 0 Å². The van der Waals surface area contributed by atoms with Crippen molar-refractivity contribution in [1.82, 2.24) is 14.9 Å². The van der Waals surface area contributed by atoms with E-state index in [-0.39, 0.29) is 5.82 Å². The highest BCUT2D eigenvalue weighted by Crippen LogP contribution is 2.19. The third kappa shape index (κ3) is 3.20. The Labute approximate surface area is 113 Å². The summed E-state index contributed by atoms with van der Waals surface area (Å²) in [6.45, 7) is 10.6. The number of allylic oxidation sites excluding steroid dienone is 1. The summed E-state index contributed by atoms with van der Waals surface area (Å²) < 4.78 is 15.4. The van der Waals surface area contributed by atoms with E-state index in [1.54, 1.807) is 6.07 Å². The highest BCUT2D eigenvalue weighted by Gasteiger charge is 2.11. The van der Waals surface area contributed by atoms with Crippen molar-refractivity contribution in [2.75, 3.05) is 13.1 Å². The third-order valence-corrected chi connectivity index (χ3v) is 2.99. The molecule has 1 aromatic heterocycles. The predicted octanol–water partition coefficient (Wildman–Crippen LogP) is 2.90. The van der Waals surface area contributed by atoms with Crippen LogP contribution in [-0.2, 0) is 13.0 Å². The van der Waals surface area contributed by atoms with Crippen molar-refractivity contribution in [1.29, 1.82) is 0 Å². The minimum absolute atomic E-state index is 0.245. The first-order valence-corrected chi connectivity index (χ1v) is 6.61. The molecule has 1 heterocycles. The van der Waals surface area contributed by atoms with Gasteiger partial charge in [-0.25, -0.2) is 9.37 Å². The van der Waals surface area contributed by atoms with E-state index in [4.69, 9.17) is 0 Å². The highest BCUT2D eigenvalue weighted by molar-refractivity contribution is 5.76. The lowest BCUT2D eigenvalue weighted by Crippen LogP contribution is -2.18. The van der Waals surface area contributed by atoms with Gasteiger partial charge in [-0.2, -0.15) is 0 Å². The van der Waals surface area contributed by atoms with Gasteiger partial charge >= 0.3 is 0 Å². The molecule has 0 amide bonds. The molecule has 1 aromatic carbocycles. The van der Waals surface area contributed by atoms with Gasteiger partial charge in [-0.1, -0.05) is 19.1 Å². The van der Waals surface area contributed by atoms with E-state index in [2.05, 4.69) is 28.4 Å². The normalized spacial score (nSPS) is 11.1. The van der Waals surface area contributed by atoms with Crippen molar-refractivity contribution in [2.24, 2.45) is 0 Å². The first-order valence-electron chi connectivity index (χ1n) is 6.61. The monoisotopic (exact) mass is 261 g/mol. The molecule has 2 aromatic rings. The van der Waals surface area contributed by atoms with Crippen LogP contribution in [0, 0.1) is 5.82 Å². The Morgan fingerprint density at radius 3 is 2.95 bits per heavy atom. The Morgan fingerprint density at radius 2 is 2.26 bits per heavy atom. The molecule has 0 aliphatic heterocycles. The lowest BCUT2D eigenvalue weighted by molar-refractivity contribution is 0.629. The zero-order valence-electron chi connectivity index (χ0n) is 11.5. The smallest absolute Gasteiger partial charge is 0.125 e. The first kappa shape index (κ1) is 13.7. The van der Waals surface area contributed by atoms with Gasteiger partial charge in [0.25, 0.3) is 0 Å². The SMILES string of the molecule is C=C(C)Cn1c(CCNCC)nc2cc(F)ccc21. The average molecular weight is 261 g/mol. The quantitative estimate of drug-likeness (QED) is 0.640. The van der Waals surface area contributed by atoms with Crippen molar-refractivity contribution >= 4 is 11.0 Å². The zero-order valence-corrected chi connectivity index (χ0v) is 11.5. The molecule has 0 bridgehead atoms. The Morgan fingerprint density at radius 1 is 1.47 bits per heavy atom. The van der Waals surface area contributed by atoms with E-state index in [0.717, 1.165) is 43.0 Å². The molecular weight excluding hydrogens is 241 g/mol. The topological polar surface area (TPSA) is 29.9 Å². The van der Waals surface area contributed by atoms with Crippen molar-refractivity contribution in [3.05, 3.63) is 42.0 Å². The van der Waals surface area contributed by atoms with E-state index in [1.165, 1.54) is 12.1 Å². The number of hydrogen-bond acceptors (Lipinski definition) is 2. The van der Waals surface area contributed by atoms with E-state index < -0.39 is 0 Å². The van der Waals surface area contributed by atoms with E-state index in [0.29, 0.717) is 5.52 Å². The molecule has 0 aliphatic rings. The number of likely N-dealkylation sites (N-methyl/N-ethyl adjacent to an activating group) is 1. The lowest BCUT2D eigenvalue weighted by atomic mass is 10.3. The number of aromatic nitrogens is 2. The second-order valence-electron chi connectivity index (χ2n) is 4.81. The van der Waals surface area contributed by atoms with Crippen LogP contribution >= 0.6 is 0 Å².